The minimum Gasteiger partial charge on any atom is -0.497 e. The van der Waals surface area contributed by atoms with Crippen molar-refractivity contribution in [2.45, 2.75) is 6.42 Å². The average Bonchev–Trinajstić information content (AvgIpc) is 2.71. The first kappa shape index (κ1) is 19.8. The van der Waals surface area contributed by atoms with E-state index in [-0.39, 0.29) is 25.4 Å². The zero-order valence-corrected chi connectivity index (χ0v) is 15.0. The Hall–Kier alpha value is -3.55. The van der Waals surface area contributed by atoms with Crippen LogP contribution in [0.1, 0.15) is 16.8 Å². The minimum absolute atomic E-state index is 0.00263. The van der Waals surface area contributed by atoms with Gasteiger partial charge < -0.3 is 15.4 Å². The van der Waals surface area contributed by atoms with Crippen molar-refractivity contribution in [3.05, 3.63) is 60.2 Å². The molecule has 0 saturated heterocycles. The molecule has 2 aromatic carbocycles. The molecule has 0 aliphatic heterocycles. The second kappa shape index (κ2) is 10.4. The van der Waals surface area contributed by atoms with Crippen LogP contribution in [0.15, 0.2) is 54.6 Å². The summed E-state index contributed by atoms with van der Waals surface area (Å²) in [6.07, 6.45) is 0.0464. The van der Waals surface area contributed by atoms with Crippen LogP contribution in [-0.2, 0) is 9.59 Å². The van der Waals surface area contributed by atoms with Gasteiger partial charge in [-0.3, -0.25) is 25.2 Å². The molecule has 0 aliphatic carbocycles. The Kier molecular flexibility index (Phi) is 7.65. The average molecular weight is 370 g/mol. The zero-order chi connectivity index (χ0) is 19.5. The van der Waals surface area contributed by atoms with Crippen LogP contribution in [0.25, 0.3) is 0 Å². The van der Waals surface area contributed by atoms with Crippen LogP contribution in [-0.4, -0.2) is 37.9 Å². The maximum Gasteiger partial charge on any atom is 0.257 e. The summed E-state index contributed by atoms with van der Waals surface area (Å²) in [6.45, 7) is 0.164. The summed E-state index contributed by atoms with van der Waals surface area (Å²) in [5.41, 5.74) is 5.88. The van der Waals surface area contributed by atoms with Gasteiger partial charge in [-0.05, 0) is 36.4 Å². The second-order valence-corrected chi connectivity index (χ2v) is 5.55. The Bertz CT molecular complexity index is 763. The number of nitrogens with one attached hydrogen (secondary N) is 4. The molecule has 4 N–H and O–H groups in total. The number of ether oxygens (including phenoxy) is 1. The summed E-state index contributed by atoms with van der Waals surface area (Å²) in [5, 5.41) is 5.56. The smallest absolute Gasteiger partial charge is 0.257 e. The lowest BCUT2D eigenvalue weighted by Gasteiger charge is -2.10. The molecule has 2 rings (SSSR count). The van der Waals surface area contributed by atoms with Gasteiger partial charge >= 0.3 is 0 Å². The van der Waals surface area contributed by atoms with Crippen molar-refractivity contribution >= 4 is 23.4 Å². The summed E-state index contributed by atoms with van der Waals surface area (Å²) in [7, 11) is 1.58. The molecule has 0 atom stereocenters. The molecule has 0 saturated carbocycles. The summed E-state index contributed by atoms with van der Waals surface area (Å²) in [4.78, 5) is 35.3. The van der Waals surface area contributed by atoms with E-state index in [0.29, 0.717) is 5.56 Å². The van der Waals surface area contributed by atoms with Crippen LogP contribution in [0.3, 0.4) is 0 Å². The van der Waals surface area contributed by atoms with Gasteiger partial charge in [0.15, 0.2) is 0 Å². The molecule has 0 aliphatic rings. The topological polar surface area (TPSA) is 109 Å². The predicted octanol–water partition coefficient (Wildman–Crippen LogP) is 1.07. The first-order chi connectivity index (χ1) is 13.1. The lowest BCUT2D eigenvalue weighted by atomic mass is 10.2. The highest BCUT2D eigenvalue weighted by Crippen LogP contribution is 2.14. The standard InChI is InChI=1S/C19H22N4O4/c1-27-16-9-7-15(8-10-16)21-13-18(25)23-22-17(24)11-12-20-19(26)14-5-3-2-4-6-14/h2-10,21H,11-13H2,1H3,(H,20,26)(H,22,24)(H,23,25). The van der Waals surface area contributed by atoms with E-state index in [0.717, 1.165) is 11.4 Å². The fraction of sp³-hybridized carbons (Fsp3) is 0.211. The number of hydrogen-bond donors (Lipinski definition) is 4. The van der Waals surface area contributed by atoms with Gasteiger partial charge in [-0.1, -0.05) is 18.2 Å². The number of carbonyl (C=O) groups is 3. The number of amides is 3. The fourth-order valence-electron chi connectivity index (χ4n) is 2.12. The van der Waals surface area contributed by atoms with Crippen molar-refractivity contribution in [2.24, 2.45) is 0 Å². The fourth-order valence-corrected chi connectivity index (χ4v) is 2.12. The molecular formula is C19H22N4O4. The first-order valence-electron chi connectivity index (χ1n) is 8.37. The number of carbonyl (C=O) groups excluding carboxylic acids is 3. The molecule has 142 valence electrons. The maximum absolute atomic E-state index is 11.8. The number of rotatable bonds is 8. The van der Waals surface area contributed by atoms with Crippen LogP contribution in [0.2, 0.25) is 0 Å². The molecule has 0 fully saturated rings. The van der Waals surface area contributed by atoms with Gasteiger partial charge in [0, 0.05) is 24.2 Å². The normalized spacial score (nSPS) is 9.81. The van der Waals surface area contributed by atoms with Gasteiger partial charge in [-0.2, -0.15) is 0 Å². The third-order valence-corrected chi connectivity index (χ3v) is 3.56. The zero-order valence-electron chi connectivity index (χ0n) is 15.0. The van der Waals surface area contributed by atoms with Crippen molar-refractivity contribution in [3.63, 3.8) is 0 Å². The monoisotopic (exact) mass is 370 g/mol. The van der Waals surface area contributed by atoms with Crippen LogP contribution in [0.5, 0.6) is 5.75 Å². The molecule has 0 radical (unpaired) electrons. The van der Waals surface area contributed by atoms with E-state index in [1.165, 1.54) is 0 Å². The van der Waals surface area contributed by atoms with Crippen LogP contribution in [0.4, 0.5) is 5.69 Å². The van der Waals surface area contributed by atoms with Crippen molar-refractivity contribution < 1.29 is 19.1 Å². The van der Waals surface area contributed by atoms with Crippen LogP contribution < -0.4 is 26.2 Å². The summed E-state index contributed by atoms with van der Waals surface area (Å²) in [5.74, 6) is -0.332. The van der Waals surface area contributed by atoms with Gasteiger partial charge in [-0.15, -0.1) is 0 Å². The second-order valence-electron chi connectivity index (χ2n) is 5.55. The summed E-state index contributed by atoms with van der Waals surface area (Å²) in [6, 6.07) is 15.8. The Balaban J connectivity index is 1.60. The third kappa shape index (κ3) is 7.07. The molecule has 8 heteroatoms. The first-order valence-corrected chi connectivity index (χ1v) is 8.37. The minimum atomic E-state index is -0.402. The van der Waals surface area contributed by atoms with E-state index in [1.54, 1.807) is 55.6 Å². The molecule has 0 heterocycles. The number of hydrogen-bond acceptors (Lipinski definition) is 5. The van der Waals surface area contributed by atoms with Crippen molar-refractivity contribution in [1.82, 2.24) is 16.2 Å². The lowest BCUT2D eigenvalue weighted by molar-refractivity contribution is -0.127. The molecule has 8 nitrogen and oxygen atoms in total. The number of methoxy groups -OCH3 is 1. The Morgan fingerprint density at radius 3 is 2.22 bits per heavy atom. The summed E-state index contributed by atoms with van der Waals surface area (Å²) >= 11 is 0. The van der Waals surface area contributed by atoms with Crippen LogP contribution in [0, 0.1) is 0 Å². The van der Waals surface area contributed by atoms with E-state index in [2.05, 4.69) is 21.5 Å². The Labute approximate surface area is 157 Å². The molecule has 2 aromatic rings. The van der Waals surface area contributed by atoms with Gasteiger partial charge in [-0.25, -0.2) is 0 Å². The maximum atomic E-state index is 11.8. The lowest BCUT2D eigenvalue weighted by Crippen LogP contribution is -2.45. The quantitative estimate of drug-likeness (QED) is 0.520. The Morgan fingerprint density at radius 1 is 0.889 bits per heavy atom. The Morgan fingerprint density at radius 2 is 1.56 bits per heavy atom. The van der Waals surface area contributed by atoms with Gasteiger partial charge in [0.1, 0.15) is 5.75 Å². The molecule has 0 spiro atoms. The number of anilines is 1. The molecule has 0 aromatic heterocycles. The van der Waals surface area contributed by atoms with Gasteiger partial charge in [0.2, 0.25) is 5.91 Å². The van der Waals surface area contributed by atoms with E-state index in [4.69, 9.17) is 4.74 Å². The third-order valence-electron chi connectivity index (χ3n) is 3.56. The summed E-state index contributed by atoms with van der Waals surface area (Å²) < 4.78 is 5.05. The van der Waals surface area contributed by atoms with Crippen LogP contribution >= 0.6 is 0 Å². The predicted molar refractivity (Wildman–Crippen MR) is 101 cm³/mol. The van der Waals surface area contributed by atoms with Gasteiger partial charge in [0.25, 0.3) is 11.8 Å². The van der Waals surface area contributed by atoms with Crippen molar-refractivity contribution in [2.75, 3.05) is 25.5 Å². The van der Waals surface area contributed by atoms with E-state index in [1.807, 2.05) is 6.07 Å². The number of benzene rings is 2. The number of hydrazine groups is 1. The molecular weight excluding hydrogens is 348 g/mol. The molecule has 27 heavy (non-hydrogen) atoms. The molecule has 3 amide bonds. The van der Waals surface area contributed by atoms with Gasteiger partial charge in [0.05, 0.1) is 13.7 Å². The van der Waals surface area contributed by atoms with E-state index >= 15 is 0 Å². The SMILES string of the molecule is COc1ccc(NCC(=O)NNC(=O)CCNC(=O)c2ccccc2)cc1. The van der Waals surface area contributed by atoms with Crippen molar-refractivity contribution in [3.8, 4) is 5.75 Å². The molecule has 0 bridgehead atoms. The highest BCUT2D eigenvalue weighted by atomic mass is 16.5. The largest absolute Gasteiger partial charge is 0.497 e. The van der Waals surface area contributed by atoms with E-state index in [9.17, 15) is 14.4 Å². The highest BCUT2D eigenvalue weighted by molar-refractivity contribution is 5.94. The molecule has 0 unspecified atom stereocenters. The van der Waals surface area contributed by atoms with E-state index < -0.39 is 11.8 Å². The highest BCUT2D eigenvalue weighted by Gasteiger charge is 2.07. The van der Waals surface area contributed by atoms with Crippen molar-refractivity contribution in [1.29, 1.82) is 0 Å².